The Kier molecular flexibility index (Phi) is 4.34. The molecule has 0 radical (unpaired) electrons. The number of ether oxygens (including phenoxy) is 3. The summed E-state index contributed by atoms with van der Waals surface area (Å²) >= 11 is 0. The van der Waals surface area contributed by atoms with E-state index in [0.717, 1.165) is 12.8 Å². The lowest BCUT2D eigenvalue weighted by molar-refractivity contribution is 0.0835. The summed E-state index contributed by atoms with van der Waals surface area (Å²) in [7, 11) is 3.11. The number of pyridine rings is 1. The number of fused-ring (bicyclic) bond motifs is 1. The third kappa shape index (κ3) is 2.82. The van der Waals surface area contributed by atoms with Crippen molar-refractivity contribution in [2.24, 2.45) is 0 Å². The van der Waals surface area contributed by atoms with Crippen LogP contribution in [-0.4, -0.2) is 35.5 Å². The van der Waals surface area contributed by atoms with Crippen LogP contribution in [0.15, 0.2) is 33.7 Å². The first-order valence-corrected chi connectivity index (χ1v) is 8.39. The average Bonchev–Trinajstić information content (AvgIpc) is 3.34. The summed E-state index contributed by atoms with van der Waals surface area (Å²) in [6.45, 7) is 0.928. The molecule has 1 saturated heterocycles. The molecule has 1 aliphatic heterocycles. The highest BCUT2D eigenvalue weighted by Gasteiger charge is 2.24. The molecule has 8 nitrogen and oxygen atoms in total. The van der Waals surface area contributed by atoms with Crippen LogP contribution in [0.2, 0.25) is 0 Å². The summed E-state index contributed by atoms with van der Waals surface area (Å²) in [5.74, 6) is 2.03. The molecule has 0 N–H and O–H groups in total. The molecule has 1 atom stereocenters. The zero-order valence-electron chi connectivity index (χ0n) is 14.6. The van der Waals surface area contributed by atoms with Crippen molar-refractivity contribution in [3.63, 3.8) is 0 Å². The standard InChI is InChI=1S/C18H19N3O5/c1-23-13-6-5-12-11(16(13)24-2)7-8-21(18(12)22)10-15-19-17(26-20-15)14-4-3-9-25-14/h5-8,14H,3-4,9-10H2,1-2H3/t14-/m0/s1. The SMILES string of the molecule is COc1ccc2c(=O)n(Cc3noc([C@@H]4CCCO4)n3)ccc2c1OC. The van der Waals surface area contributed by atoms with Gasteiger partial charge in [-0.15, -0.1) is 0 Å². The zero-order valence-corrected chi connectivity index (χ0v) is 14.6. The second kappa shape index (κ2) is 6.80. The Morgan fingerprint density at radius 1 is 1.23 bits per heavy atom. The van der Waals surface area contributed by atoms with Crippen LogP contribution < -0.4 is 15.0 Å². The minimum Gasteiger partial charge on any atom is -0.493 e. The number of nitrogens with zero attached hydrogens (tertiary/aromatic N) is 3. The molecule has 0 amide bonds. The van der Waals surface area contributed by atoms with Crippen LogP contribution in [0.1, 0.15) is 30.7 Å². The topological polar surface area (TPSA) is 88.6 Å². The van der Waals surface area contributed by atoms with Crippen LogP contribution in [0.25, 0.3) is 10.8 Å². The molecule has 2 aromatic heterocycles. The summed E-state index contributed by atoms with van der Waals surface area (Å²) in [6.07, 6.45) is 3.41. The lowest BCUT2D eigenvalue weighted by atomic mass is 10.1. The number of rotatable bonds is 5. The van der Waals surface area contributed by atoms with Gasteiger partial charge in [-0.25, -0.2) is 0 Å². The van der Waals surface area contributed by atoms with Crippen molar-refractivity contribution < 1.29 is 18.7 Å². The monoisotopic (exact) mass is 357 g/mol. The molecule has 4 rings (SSSR count). The predicted octanol–water partition coefficient (Wildman–Crippen LogP) is 2.30. The van der Waals surface area contributed by atoms with Gasteiger partial charge in [0.1, 0.15) is 6.10 Å². The van der Waals surface area contributed by atoms with Gasteiger partial charge in [-0.3, -0.25) is 4.79 Å². The third-order valence-electron chi connectivity index (χ3n) is 4.50. The van der Waals surface area contributed by atoms with E-state index in [9.17, 15) is 4.79 Å². The number of aromatic nitrogens is 3. The van der Waals surface area contributed by atoms with Gasteiger partial charge in [0.25, 0.3) is 11.4 Å². The van der Waals surface area contributed by atoms with E-state index in [4.69, 9.17) is 18.7 Å². The lowest BCUT2D eigenvalue weighted by Gasteiger charge is -2.11. The molecule has 0 saturated carbocycles. The largest absolute Gasteiger partial charge is 0.493 e. The van der Waals surface area contributed by atoms with Gasteiger partial charge >= 0.3 is 0 Å². The van der Waals surface area contributed by atoms with Crippen molar-refractivity contribution in [2.45, 2.75) is 25.5 Å². The van der Waals surface area contributed by atoms with Crippen molar-refractivity contribution in [2.75, 3.05) is 20.8 Å². The molecular weight excluding hydrogens is 338 g/mol. The first-order valence-electron chi connectivity index (χ1n) is 8.39. The normalized spacial score (nSPS) is 16.9. The smallest absolute Gasteiger partial charge is 0.258 e. The van der Waals surface area contributed by atoms with Crippen molar-refractivity contribution in [3.05, 3.63) is 46.5 Å². The first kappa shape index (κ1) is 16.6. The van der Waals surface area contributed by atoms with Crippen molar-refractivity contribution in [3.8, 4) is 11.5 Å². The Bertz CT molecular complexity index is 988. The van der Waals surface area contributed by atoms with Crippen LogP contribution >= 0.6 is 0 Å². The highest BCUT2D eigenvalue weighted by atomic mass is 16.5. The van der Waals surface area contributed by atoms with E-state index in [-0.39, 0.29) is 18.2 Å². The van der Waals surface area contributed by atoms with E-state index >= 15 is 0 Å². The Morgan fingerprint density at radius 2 is 2.12 bits per heavy atom. The summed E-state index contributed by atoms with van der Waals surface area (Å²) in [6, 6.07) is 5.26. The fraction of sp³-hybridized carbons (Fsp3) is 0.389. The van der Waals surface area contributed by atoms with E-state index in [1.165, 1.54) is 0 Å². The molecule has 1 aliphatic rings. The van der Waals surface area contributed by atoms with E-state index < -0.39 is 0 Å². The van der Waals surface area contributed by atoms with Gasteiger partial charge in [-0.1, -0.05) is 5.16 Å². The van der Waals surface area contributed by atoms with Gasteiger partial charge in [-0.05, 0) is 31.0 Å². The van der Waals surface area contributed by atoms with Gasteiger partial charge in [0, 0.05) is 18.2 Å². The van der Waals surface area contributed by atoms with Gasteiger partial charge in [-0.2, -0.15) is 4.98 Å². The fourth-order valence-corrected chi connectivity index (χ4v) is 3.20. The number of methoxy groups -OCH3 is 2. The number of hydrogen-bond acceptors (Lipinski definition) is 7. The number of hydrogen-bond donors (Lipinski definition) is 0. The molecule has 3 aromatic rings. The van der Waals surface area contributed by atoms with Crippen LogP contribution in [-0.2, 0) is 11.3 Å². The third-order valence-corrected chi connectivity index (χ3v) is 4.50. The molecular formula is C18H19N3O5. The summed E-state index contributed by atoms with van der Waals surface area (Å²) in [5, 5.41) is 5.20. The molecule has 26 heavy (non-hydrogen) atoms. The zero-order chi connectivity index (χ0) is 18.1. The molecule has 1 fully saturated rings. The van der Waals surface area contributed by atoms with E-state index in [0.29, 0.717) is 40.6 Å². The van der Waals surface area contributed by atoms with Gasteiger partial charge < -0.3 is 23.3 Å². The molecule has 0 unspecified atom stereocenters. The van der Waals surface area contributed by atoms with Crippen LogP contribution in [0.5, 0.6) is 11.5 Å². The molecule has 0 spiro atoms. The van der Waals surface area contributed by atoms with Crippen LogP contribution in [0.4, 0.5) is 0 Å². The Hall–Kier alpha value is -2.87. The fourth-order valence-electron chi connectivity index (χ4n) is 3.20. The van der Waals surface area contributed by atoms with E-state index in [1.54, 1.807) is 37.1 Å². The van der Waals surface area contributed by atoms with Crippen LogP contribution in [0.3, 0.4) is 0 Å². The van der Waals surface area contributed by atoms with E-state index in [1.807, 2.05) is 6.07 Å². The second-order valence-electron chi connectivity index (χ2n) is 6.06. The summed E-state index contributed by atoms with van der Waals surface area (Å²) < 4.78 is 23.0. The lowest BCUT2D eigenvalue weighted by Crippen LogP contribution is -2.20. The molecule has 3 heterocycles. The molecule has 0 bridgehead atoms. The maximum atomic E-state index is 12.8. The maximum Gasteiger partial charge on any atom is 0.258 e. The molecule has 8 heteroatoms. The molecule has 136 valence electrons. The van der Waals surface area contributed by atoms with Crippen molar-refractivity contribution in [1.82, 2.24) is 14.7 Å². The highest BCUT2D eigenvalue weighted by molar-refractivity contribution is 5.90. The number of benzene rings is 1. The second-order valence-corrected chi connectivity index (χ2v) is 6.06. The minimum absolute atomic E-state index is 0.138. The minimum atomic E-state index is -0.160. The first-order chi connectivity index (χ1) is 12.7. The van der Waals surface area contributed by atoms with Crippen molar-refractivity contribution in [1.29, 1.82) is 0 Å². The Morgan fingerprint density at radius 3 is 2.85 bits per heavy atom. The Labute approximate surface area is 149 Å². The molecule has 1 aromatic carbocycles. The quantitative estimate of drug-likeness (QED) is 0.692. The molecule has 0 aliphatic carbocycles. The average molecular weight is 357 g/mol. The summed E-state index contributed by atoms with van der Waals surface area (Å²) in [5.41, 5.74) is -0.160. The van der Waals surface area contributed by atoms with Crippen LogP contribution in [0, 0.1) is 0 Å². The maximum absolute atomic E-state index is 12.8. The van der Waals surface area contributed by atoms with E-state index in [2.05, 4.69) is 10.1 Å². The highest BCUT2D eigenvalue weighted by Crippen LogP contribution is 2.33. The Balaban J connectivity index is 1.67. The summed E-state index contributed by atoms with van der Waals surface area (Å²) in [4.78, 5) is 17.2. The van der Waals surface area contributed by atoms with Gasteiger partial charge in [0.2, 0.25) is 0 Å². The predicted molar refractivity (Wildman–Crippen MR) is 92.6 cm³/mol. The van der Waals surface area contributed by atoms with Gasteiger partial charge in [0.15, 0.2) is 17.3 Å². The van der Waals surface area contributed by atoms with Crippen molar-refractivity contribution >= 4 is 10.8 Å². The van der Waals surface area contributed by atoms with Gasteiger partial charge in [0.05, 0.1) is 26.2 Å².